The second kappa shape index (κ2) is 4.73. The maximum Gasteiger partial charge on any atom is 0.295 e. The molecular formula is C10H5NO8S2. The van der Waals surface area contributed by atoms with Gasteiger partial charge < -0.3 is 0 Å². The van der Waals surface area contributed by atoms with Gasteiger partial charge in [-0.05, 0) is 12.1 Å². The molecule has 0 saturated heterocycles. The first-order chi connectivity index (χ1) is 9.51. The third-order valence-corrected chi connectivity index (χ3v) is 4.29. The van der Waals surface area contributed by atoms with Crippen molar-refractivity contribution >= 4 is 36.7 Å². The first kappa shape index (κ1) is 15.3. The Labute approximate surface area is 118 Å². The number of nitrogens with zero attached hydrogens (tertiary/aromatic N) is 1. The molecule has 0 aliphatic heterocycles. The van der Waals surface area contributed by atoms with E-state index >= 15 is 0 Å². The lowest BCUT2D eigenvalue weighted by molar-refractivity contribution is -0.384. The highest BCUT2D eigenvalue weighted by Crippen LogP contribution is 2.32. The van der Waals surface area contributed by atoms with Crippen molar-refractivity contribution in [2.45, 2.75) is 9.79 Å². The first-order valence-corrected chi connectivity index (χ1v) is 7.89. The molecular weight excluding hydrogens is 326 g/mol. The molecule has 0 saturated carbocycles. The zero-order valence-electron chi connectivity index (χ0n) is 9.84. The van der Waals surface area contributed by atoms with E-state index in [-0.39, 0.29) is 0 Å². The molecule has 0 atom stereocenters. The summed E-state index contributed by atoms with van der Waals surface area (Å²) in [4.78, 5) is 8.11. The molecule has 0 unspecified atom stereocenters. The summed E-state index contributed by atoms with van der Waals surface area (Å²) in [6.45, 7) is 0. The van der Waals surface area contributed by atoms with E-state index in [0.29, 0.717) is 6.07 Å². The lowest BCUT2D eigenvalue weighted by atomic mass is 10.1. The number of nitro groups is 1. The highest BCUT2D eigenvalue weighted by molar-refractivity contribution is 7.86. The summed E-state index contributed by atoms with van der Waals surface area (Å²) < 4.78 is 63.2. The number of rotatable bonds is 3. The van der Waals surface area contributed by atoms with Crippen LogP contribution < -0.4 is 0 Å². The van der Waals surface area contributed by atoms with Gasteiger partial charge in [-0.2, -0.15) is 16.8 Å². The van der Waals surface area contributed by atoms with Crippen LogP contribution in [-0.4, -0.2) is 30.9 Å². The van der Waals surface area contributed by atoms with Gasteiger partial charge in [-0.1, -0.05) is 0 Å². The van der Waals surface area contributed by atoms with Crippen LogP contribution in [0.4, 0.5) is 5.69 Å². The number of nitro benzene ring substituents is 1. The van der Waals surface area contributed by atoms with Crippen LogP contribution in [0.5, 0.6) is 0 Å². The minimum atomic E-state index is -4.88. The predicted molar refractivity (Wildman–Crippen MR) is 67.9 cm³/mol. The second-order valence-electron chi connectivity index (χ2n) is 3.85. The Morgan fingerprint density at radius 3 is 2.10 bits per heavy atom. The van der Waals surface area contributed by atoms with Crippen molar-refractivity contribution in [1.29, 1.82) is 0 Å². The van der Waals surface area contributed by atoms with Crippen molar-refractivity contribution in [1.82, 2.24) is 0 Å². The standard InChI is InChI=1S/C10H5NO8S2/c12-11(13)6-4-8-7(10(5-6)21(17,18)19)2-1-3-9(8)20(14,15)16/h3-5H,(H,14,15,16)(H,17,18,19). The van der Waals surface area contributed by atoms with Crippen LogP contribution in [0.3, 0.4) is 0 Å². The largest absolute Gasteiger partial charge is 0.295 e. The minimum absolute atomic E-state index is 0.446. The minimum Gasteiger partial charge on any atom is -0.282 e. The number of fused-ring (bicyclic) bond motifs is 1. The lowest BCUT2D eigenvalue weighted by Crippen LogP contribution is -2.04. The number of benzene rings is 2. The Balaban J connectivity index is 3.10. The van der Waals surface area contributed by atoms with Gasteiger partial charge in [0.05, 0.1) is 4.92 Å². The molecule has 0 spiro atoms. The molecule has 0 fully saturated rings. The van der Waals surface area contributed by atoms with Crippen LogP contribution >= 0.6 is 0 Å². The van der Waals surface area contributed by atoms with Crippen LogP contribution in [0.15, 0.2) is 28.0 Å². The molecule has 2 N–H and O–H groups in total. The molecule has 11 heteroatoms. The fraction of sp³-hybridized carbons (Fsp3) is 0. The highest BCUT2D eigenvalue weighted by Gasteiger charge is 2.24. The first-order valence-electron chi connectivity index (χ1n) is 5.01. The summed E-state index contributed by atoms with van der Waals surface area (Å²) in [7, 11) is -9.66. The quantitative estimate of drug-likeness (QED) is 0.477. The van der Waals surface area contributed by atoms with Gasteiger partial charge in [0.2, 0.25) is 0 Å². The van der Waals surface area contributed by atoms with Gasteiger partial charge in [0.1, 0.15) is 9.79 Å². The van der Waals surface area contributed by atoms with Crippen molar-refractivity contribution in [3.63, 3.8) is 0 Å². The lowest BCUT2D eigenvalue weighted by Gasteiger charge is -2.07. The summed E-state index contributed by atoms with van der Waals surface area (Å²) >= 11 is 0. The Morgan fingerprint density at radius 1 is 1.05 bits per heavy atom. The van der Waals surface area contributed by atoms with Crippen LogP contribution in [0.2, 0.25) is 0 Å². The number of hydrogen-bond donors (Lipinski definition) is 2. The van der Waals surface area contributed by atoms with E-state index in [1.54, 1.807) is 0 Å². The number of non-ortho nitro benzene ring substituents is 1. The highest BCUT2D eigenvalue weighted by atomic mass is 32.2. The van der Waals surface area contributed by atoms with Gasteiger partial charge in [0.15, 0.2) is 0 Å². The normalized spacial score (nSPS) is 12.5. The SMILES string of the molecule is O=[N+]([O-])c1cc(S(=O)(=O)O)c2[c][c]cc(S(=O)(=O)O)c2c1. The van der Waals surface area contributed by atoms with Crippen molar-refractivity contribution < 1.29 is 30.9 Å². The summed E-state index contributed by atoms with van der Waals surface area (Å²) in [6.07, 6.45) is 0. The molecule has 0 aliphatic rings. The van der Waals surface area contributed by atoms with E-state index in [4.69, 9.17) is 9.11 Å². The molecule has 110 valence electrons. The fourth-order valence-electron chi connectivity index (χ4n) is 1.70. The third-order valence-electron chi connectivity index (χ3n) is 2.52. The monoisotopic (exact) mass is 331 g/mol. The molecule has 0 heterocycles. The molecule has 21 heavy (non-hydrogen) atoms. The Morgan fingerprint density at radius 2 is 1.62 bits per heavy atom. The van der Waals surface area contributed by atoms with Crippen molar-refractivity contribution in [3.8, 4) is 0 Å². The van der Waals surface area contributed by atoms with E-state index in [9.17, 15) is 26.9 Å². The molecule has 2 aromatic rings. The molecule has 0 aliphatic carbocycles. The van der Waals surface area contributed by atoms with Gasteiger partial charge in [-0.25, -0.2) is 0 Å². The van der Waals surface area contributed by atoms with Crippen molar-refractivity contribution in [2.75, 3.05) is 0 Å². The van der Waals surface area contributed by atoms with Crippen molar-refractivity contribution in [2.24, 2.45) is 0 Å². The third kappa shape index (κ3) is 2.85. The van der Waals surface area contributed by atoms with Crippen LogP contribution in [0, 0.1) is 22.2 Å². The van der Waals surface area contributed by atoms with E-state index < -0.39 is 51.4 Å². The summed E-state index contributed by atoms with van der Waals surface area (Å²) in [5, 5.41) is 9.86. The van der Waals surface area contributed by atoms with Gasteiger partial charge in [0, 0.05) is 29.0 Å². The zero-order valence-corrected chi connectivity index (χ0v) is 11.5. The summed E-state index contributed by atoms with van der Waals surface area (Å²) in [6, 6.07) is 6.48. The van der Waals surface area contributed by atoms with Gasteiger partial charge >= 0.3 is 0 Å². The fourth-order valence-corrected chi connectivity index (χ4v) is 3.03. The van der Waals surface area contributed by atoms with Crippen LogP contribution in [0.25, 0.3) is 10.8 Å². The summed E-state index contributed by atoms with van der Waals surface area (Å²) in [5.74, 6) is 0. The van der Waals surface area contributed by atoms with Crippen molar-refractivity contribution in [3.05, 3.63) is 40.4 Å². The smallest absolute Gasteiger partial charge is 0.282 e. The summed E-state index contributed by atoms with van der Waals surface area (Å²) in [5.41, 5.74) is -0.778. The van der Waals surface area contributed by atoms with Gasteiger partial charge in [0.25, 0.3) is 25.9 Å². The second-order valence-corrected chi connectivity index (χ2v) is 6.63. The van der Waals surface area contributed by atoms with Crippen LogP contribution in [0.1, 0.15) is 0 Å². The predicted octanol–water partition coefficient (Wildman–Crippen LogP) is 0.842. The molecule has 2 aromatic carbocycles. The Hall–Kier alpha value is -2.08. The van der Waals surface area contributed by atoms with Gasteiger partial charge in [-0.15, -0.1) is 0 Å². The molecule has 9 nitrogen and oxygen atoms in total. The molecule has 0 aromatic heterocycles. The number of hydrogen-bond acceptors (Lipinski definition) is 6. The van der Waals surface area contributed by atoms with Crippen LogP contribution in [-0.2, 0) is 20.2 Å². The maximum absolute atomic E-state index is 11.3. The molecule has 2 radical (unpaired) electrons. The topological polar surface area (TPSA) is 152 Å². The van der Waals surface area contributed by atoms with E-state index in [1.807, 2.05) is 0 Å². The van der Waals surface area contributed by atoms with E-state index in [1.165, 1.54) is 0 Å². The van der Waals surface area contributed by atoms with E-state index in [2.05, 4.69) is 12.1 Å². The maximum atomic E-state index is 11.3. The molecule has 2 rings (SSSR count). The average molecular weight is 331 g/mol. The van der Waals surface area contributed by atoms with E-state index in [0.717, 1.165) is 12.1 Å². The Kier molecular flexibility index (Phi) is 3.45. The Bertz CT molecular complexity index is 962. The average Bonchev–Trinajstić information content (AvgIpc) is 2.34. The molecule has 0 bridgehead atoms. The molecule has 0 amide bonds. The van der Waals surface area contributed by atoms with Gasteiger partial charge in [-0.3, -0.25) is 19.2 Å². The zero-order chi connectivity index (χ0) is 16.0.